The molecule has 0 fully saturated rings. The highest BCUT2D eigenvalue weighted by Gasteiger charge is 2.27. The molecule has 2 N–H and O–H groups in total. The molecule has 3 aromatic carbocycles. The van der Waals surface area contributed by atoms with Gasteiger partial charge in [0.15, 0.2) is 0 Å². The monoisotopic (exact) mass is 536 g/mol. The summed E-state index contributed by atoms with van der Waals surface area (Å²) >= 11 is 1.73. The van der Waals surface area contributed by atoms with Crippen molar-refractivity contribution in [2.45, 2.75) is 25.7 Å². The summed E-state index contributed by atoms with van der Waals surface area (Å²) in [6.45, 7) is 4.58. The van der Waals surface area contributed by atoms with Crippen LogP contribution in [0.2, 0.25) is 0 Å². The number of nitrogens with zero attached hydrogens (tertiary/aromatic N) is 3. The largest absolute Gasteiger partial charge is 0.369 e. The van der Waals surface area contributed by atoms with Crippen LogP contribution in [-0.2, 0) is 6.42 Å². The van der Waals surface area contributed by atoms with Crippen LogP contribution < -0.4 is 5.73 Å². The van der Waals surface area contributed by atoms with Gasteiger partial charge in [0.2, 0.25) is 5.96 Å². The minimum Gasteiger partial charge on any atom is -0.369 e. The number of aromatic nitrogens is 2. The van der Waals surface area contributed by atoms with Crippen molar-refractivity contribution < 1.29 is 0 Å². The minimum atomic E-state index is 0.492. The Morgan fingerprint density at radius 2 is 1.55 bits per heavy atom. The van der Waals surface area contributed by atoms with Gasteiger partial charge in [0.05, 0.1) is 16.7 Å². The van der Waals surface area contributed by atoms with Crippen molar-refractivity contribution in [2.75, 3.05) is 0 Å². The van der Waals surface area contributed by atoms with Gasteiger partial charge in [-0.05, 0) is 66.5 Å². The Balaban J connectivity index is 1.30. The summed E-state index contributed by atoms with van der Waals surface area (Å²) in [6.07, 6.45) is 8.77. The molecule has 5 heteroatoms. The second-order valence-corrected chi connectivity index (χ2v) is 11.4. The number of allylic oxidation sites excluding steroid dienone is 4. The van der Waals surface area contributed by atoms with Crippen LogP contribution in [0.5, 0.6) is 0 Å². The Bertz CT molecular complexity index is 2090. The fourth-order valence-corrected chi connectivity index (χ4v) is 7.63. The van der Waals surface area contributed by atoms with Crippen molar-refractivity contribution >= 4 is 66.3 Å². The van der Waals surface area contributed by atoms with E-state index < -0.39 is 0 Å². The number of hydrogen-bond acceptors (Lipinski definition) is 2. The van der Waals surface area contributed by atoms with E-state index in [1.54, 1.807) is 11.3 Å². The third-order valence-electron chi connectivity index (χ3n) is 8.41. The summed E-state index contributed by atoms with van der Waals surface area (Å²) in [7, 11) is 0. The molecule has 194 valence electrons. The van der Waals surface area contributed by atoms with Crippen LogP contribution in [0.4, 0.5) is 5.69 Å². The molecule has 0 bridgehead atoms. The third-order valence-corrected chi connectivity index (χ3v) is 9.30. The number of para-hydroxylation sites is 3. The van der Waals surface area contributed by atoms with Crippen molar-refractivity contribution in [3.05, 3.63) is 125 Å². The summed E-state index contributed by atoms with van der Waals surface area (Å²) in [5.74, 6) is 0.492. The SMILES string of the molecule is C=C(c1ccccc1/N=C(\N)n1c2c(c3ccccc31)C1=C(C=CCC1)CC2)n1c2ccccc2c2ccsc21. The van der Waals surface area contributed by atoms with E-state index in [2.05, 4.69) is 93.9 Å². The zero-order chi connectivity index (χ0) is 26.8. The van der Waals surface area contributed by atoms with E-state index in [-0.39, 0.29) is 0 Å². The first-order valence-corrected chi connectivity index (χ1v) is 14.7. The maximum absolute atomic E-state index is 6.93. The molecule has 0 atom stereocenters. The Kier molecular flexibility index (Phi) is 5.22. The highest BCUT2D eigenvalue weighted by molar-refractivity contribution is 7.17. The predicted molar refractivity (Wildman–Crippen MR) is 170 cm³/mol. The number of benzene rings is 3. The summed E-state index contributed by atoms with van der Waals surface area (Å²) < 4.78 is 4.45. The Morgan fingerprint density at radius 1 is 0.800 bits per heavy atom. The molecule has 0 amide bonds. The predicted octanol–water partition coefficient (Wildman–Crippen LogP) is 8.87. The van der Waals surface area contributed by atoms with E-state index in [0.29, 0.717) is 5.96 Å². The molecule has 0 radical (unpaired) electrons. The number of hydrogen-bond donors (Lipinski definition) is 1. The van der Waals surface area contributed by atoms with Crippen LogP contribution in [-0.4, -0.2) is 15.1 Å². The molecule has 6 aromatic rings. The first kappa shape index (κ1) is 23.3. The first-order chi connectivity index (χ1) is 19.7. The smallest absolute Gasteiger partial charge is 0.205 e. The van der Waals surface area contributed by atoms with E-state index in [9.17, 15) is 0 Å². The van der Waals surface area contributed by atoms with Crippen LogP contribution in [0, 0.1) is 0 Å². The highest BCUT2D eigenvalue weighted by Crippen LogP contribution is 2.43. The average molecular weight is 537 g/mol. The van der Waals surface area contributed by atoms with E-state index >= 15 is 0 Å². The highest BCUT2D eigenvalue weighted by atomic mass is 32.1. The molecule has 40 heavy (non-hydrogen) atoms. The summed E-state index contributed by atoms with van der Waals surface area (Å²) in [4.78, 5) is 6.29. The van der Waals surface area contributed by atoms with Crippen molar-refractivity contribution in [2.24, 2.45) is 10.7 Å². The fraction of sp³-hybridized carbons (Fsp3) is 0.114. The summed E-state index contributed by atoms with van der Waals surface area (Å²) in [6, 6.07) is 27.5. The zero-order valence-corrected chi connectivity index (χ0v) is 22.9. The molecule has 2 aliphatic rings. The molecule has 3 aromatic heterocycles. The van der Waals surface area contributed by atoms with Gasteiger partial charge in [-0.25, -0.2) is 4.99 Å². The van der Waals surface area contributed by atoms with Gasteiger partial charge in [-0.15, -0.1) is 11.3 Å². The van der Waals surface area contributed by atoms with Gasteiger partial charge in [-0.3, -0.25) is 4.57 Å². The van der Waals surface area contributed by atoms with Crippen molar-refractivity contribution in [1.29, 1.82) is 0 Å². The number of aliphatic imine (C=N–C) groups is 1. The minimum absolute atomic E-state index is 0.492. The molecule has 3 heterocycles. The lowest BCUT2D eigenvalue weighted by Crippen LogP contribution is -2.25. The summed E-state index contributed by atoms with van der Waals surface area (Å²) in [5.41, 5.74) is 17.4. The Morgan fingerprint density at radius 3 is 2.42 bits per heavy atom. The third kappa shape index (κ3) is 3.34. The number of nitrogens with two attached hydrogens (primary N) is 1. The molecule has 4 nitrogen and oxygen atoms in total. The lowest BCUT2D eigenvalue weighted by atomic mass is 9.83. The molecule has 0 saturated carbocycles. The normalized spacial score (nSPS) is 15.2. The van der Waals surface area contributed by atoms with E-state index in [0.717, 1.165) is 53.7 Å². The molecule has 0 saturated heterocycles. The maximum atomic E-state index is 6.93. The van der Waals surface area contributed by atoms with Crippen LogP contribution in [0.25, 0.3) is 43.3 Å². The van der Waals surface area contributed by atoms with E-state index in [1.807, 2.05) is 18.2 Å². The van der Waals surface area contributed by atoms with E-state index in [4.69, 9.17) is 10.7 Å². The van der Waals surface area contributed by atoms with Crippen LogP contribution in [0.15, 0.2) is 114 Å². The molecule has 0 aliphatic heterocycles. The van der Waals surface area contributed by atoms with E-state index in [1.165, 1.54) is 43.4 Å². The van der Waals surface area contributed by atoms with Gasteiger partial charge in [-0.2, -0.15) is 0 Å². The van der Waals surface area contributed by atoms with Gasteiger partial charge in [0, 0.05) is 38.7 Å². The first-order valence-electron chi connectivity index (χ1n) is 13.8. The average Bonchev–Trinajstić information content (AvgIpc) is 3.68. The number of fused-ring (bicyclic) bond motifs is 7. The van der Waals surface area contributed by atoms with Crippen LogP contribution in [0.1, 0.15) is 36.1 Å². The molecule has 8 rings (SSSR count). The lowest BCUT2D eigenvalue weighted by molar-refractivity contribution is 0.853. The quantitative estimate of drug-likeness (QED) is 0.178. The molecular formula is C35H28N4S. The van der Waals surface area contributed by atoms with Gasteiger partial charge in [0.25, 0.3) is 0 Å². The molecule has 0 spiro atoms. The van der Waals surface area contributed by atoms with Crippen molar-refractivity contribution in [1.82, 2.24) is 9.13 Å². The van der Waals surface area contributed by atoms with Crippen LogP contribution in [0.3, 0.4) is 0 Å². The Hall–Kier alpha value is -4.61. The second-order valence-electron chi connectivity index (χ2n) is 10.5. The zero-order valence-electron chi connectivity index (χ0n) is 22.1. The lowest BCUT2D eigenvalue weighted by Gasteiger charge is -2.23. The summed E-state index contributed by atoms with van der Waals surface area (Å²) in [5, 5.41) is 5.89. The van der Waals surface area contributed by atoms with Gasteiger partial charge in [-0.1, -0.05) is 73.3 Å². The molecular weight excluding hydrogens is 508 g/mol. The molecule has 2 aliphatic carbocycles. The van der Waals surface area contributed by atoms with Gasteiger partial charge >= 0.3 is 0 Å². The standard InChI is InChI=1S/C35H28N4S/c1-22(38-30-16-8-5-13-26(30)27-20-21-40-34(27)38)24-11-4-7-15-29(24)37-35(36)39-31-17-9-6-14-28(31)33-25-12-3-2-10-23(25)18-19-32(33)39/h2,4-11,13-17,20-21H,1,3,12,18-19H2,(H2,36,37). The Labute approximate surface area is 236 Å². The number of thiophene rings is 1. The van der Waals surface area contributed by atoms with Crippen molar-refractivity contribution in [3.8, 4) is 0 Å². The molecule has 0 unspecified atom stereocenters. The van der Waals surface area contributed by atoms with Gasteiger partial charge < -0.3 is 10.3 Å². The van der Waals surface area contributed by atoms with Gasteiger partial charge in [0.1, 0.15) is 4.83 Å². The number of rotatable bonds is 3. The maximum Gasteiger partial charge on any atom is 0.205 e. The fourth-order valence-electron chi connectivity index (χ4n) is 6.68. The van der Waals surface area contributed by atoms with Crippen molar-refractivity contribution in [3.63, 3.8) is 0 Å². The van der Waals surface area contributed by atoms with Crippen LogP contribution >= 0.6 is 11.3 Å². The second kappa shape index (κ2) is 8.97. The topological polar surface area (TPSA) is 48.2 Å².